The Labute approximate surface area is 369 Å². The Bertz CT molecular complexity index is 1080. The Balaban J connectivity index is 0.0000174. The molecule has 1 aliphatic heterocycles. The summed E-state index contributed by atoms with van der Waals surface area (Å²) in [6.45, 7) is 9.66. The average molecular weight is 845 g/mol. The van der Waals surface area contributed by atoms with Gasteiger partial charge in [0.15, 0.2) is 0 Å². The minimum atomic E-state index is -0.0883. The molecule has 0 aliphatic carbocycles. The Morgan fingerprint density at radius 1 is 0.593 bits per heavy atom. The third kappa shape index (κ3) is 33.0. The fourth-order valence-electron chi connectivity index (χ4n) is 7.99. The minimum Gasteiger partial charge on any atom is -0.464 e. The number of allylic oxidation sites excluding steroid dienone is 4. The molecule has 2 rings (SSSR count). The van der Waals surface area contributed by atoms with Crippen molar-refractivity contribution >= 4 is 30.0 Å². The number of aromatic nitrogens is 1. The molecule has 1 saturated heterocycles. The van der Waals surface area contributed by atoms with E-state index in [4.69, 9.17) is 9.47 Å². The van der Waals surface area contributed by atoms with Crippen LogP contribution in [0.1, 0.15) is 206 Å². The molecule has 1 aromatic rings. The molecule has 340 valence electrons. The van der Waals surface area contributed by atoms with Gasteiger partial charge < -0.3 is 14.4 Å². The molecule has 0 N–H and O–H groups in total. The number of piperidine rings is 1. The summed E-state index contributed by atoms with van der Waals surface area (Å²) in [6, 6.07) is 4.17. The van der Waals surface area contributed by atoms with Crippen LogP contribution in [0.15, 0.2) is 48.8 Å². The molecule has 0 saturated carbocycles. The fraction of sp³-hybridized carbons (Fsp3) is 0.784. The molecule has 0 aromatic carbocycles. The summed E-state index contributed by atoms with van der Waals surface area (Å²) >= 11 is 0. The van der Waals surface area contributed by atoms with Crippen LogP contribution in [0.4, 0.5) is 5.69 Å². The highest BCUT2D eigenvalue weighted by atomic mass is 35.5. The fourth-order valence-corrected chi connectivity index (χ4v) is 7.99. The van der Waals surface area contributed by atoms with Gasteiger partial charge in [0.1, 0.15) is 13.2 Å². The van der Waals surface area contributed by atoms with Crippen LogP contribution >= 0.6 is 12.4 Å². The number of carbonyl (C=O) groups excluding carboxylic acids is 2. The van der Waals surface area contributed by atoms with Gasteiger partial charge in [-0.3, -0.25) is 19.5 Å². The van der Waals surface area contributed by atoms with Crippen molar-refractivity contribution in [3.63, 3.8) is 0 Å². The molecule has 1 aliphatic rings. The van der Waals surface area contributed by atoms with E-state index in [0.717, 1.165) is 58.2 Å². The molecule has 1 fully saturated rings. The second-order valence-electron chi connectivity index (χ2n) is 17.0. The van der Waals surface area contributed by atoms with Gasteiger partial charge in [-0.25, -0.2) is 0 Å². The van der Waals surface area contributed by atoms with Crippen molar-refractivity contribution < 1.29 is 19.1 Å². The molecular formula is C51H90ClN3O4. The largest absolute Gasteiger partial charge is 0.464 e. The van der Waals surface area contributed by atoms with Crippen molar-refractivity contribution in [1.29, 1.82) is 0 Å². The van der Waals surface area contributed by atoms with Crippen LogP contribution in [0, 0.1) is 5.92 Å². The van der Waals surface area contributed by atoms with E-state index in [1.54, 1.807) is 0 Å². The van der Waals surface area contributed by atoms with Crippen LogP contribution < -0.4 is 4.90 Å². The number of pyridine rings is 1. The first kappa shape index (κ1) is 54.6. The quantitative estimate of drug-likeness (QED) is 0.0371. The van der Waals surface area contributed by atoms with Gasteiger partial charge >= 0.3 is 11.9 Å². The van der Waals surface area contributed by atoms with Gasteiger partial charge in [-0.1, -0.05) is 141 Å². The van der Waals surface area contributed by atoms with E-state index in [2.05, 4.69) is 65.1 Å². The van der Waals surface area contributed by atoms with E-state index in [0.29, 0.717) is 45.1 Å². The second-order valence-corrected chi connectivity index (χ2v) is 17.0. The number of hydrogen-bond acceptors (Lipinski definition) is 7. The average Bonchev–Trinajstić information content (AvgIpc) is 3.24. The zero-order valence-electron chi connectivity index (χ0n) is 38.2. The van der Waals surface area contributed by atoms with E-state index in [1.165, 1.54) is 147 Å². The molecule has 8 heteroatoms. The standard InChI is InChI=1S/C51H89N3O4.ClH/c1-3-5-7-9-11-13-15-17-19-21-23-25-27-29-31-33-50(55)57-45-43-53(47-48-37-41-54(42-38-48)49-35-39-52-40-36-49)44-46-58-51(56)34-32-30-28-26-24-22-20-18-16-14-12-10-8-6-4-2;/h17-20,35-36,39-40,48H,3-16,21-34,37-38,41-47H2,1-2H3;1H/b19-17-,20-18-;. The van der Waals surface area contributed by atoms with Gasteiger partial charge in [0.05, 0.1) is 0 Å². The van der Waals surface area contributed by atoms with Crippen LogP contribution in [0.3, 0.4) is 0 Å². The number of rotatable bonds is 39. The molecule has 2 heterocycles. The number of anilines is 1. The summed E-state index contributed by atoms with van der Waals surface area (Å²) < 4.78 is 11.4. The summed E-state index contributed by atoms with van der Waals surface area (Å²) in [6.07, 6.45) is 48.9. The zero-order chi connectivity index (χ0) is 41.4. The normalized spacial score (nSPS) is 13.4. The Morgan fingerprint density at radius 3 is 1.37 bits per heavy atom. The number of nitrogens with zero attached hydrogens (tertiary/aromatic N) is 3. The SMILES string of the molecule is CCCCCCCC/C=C\CCCCCCCC(=O)OCCN(CCOC(=O)CCCCCCC/C=C\CCCCCCCC)CC1CCN(c2ccncc2)CC1.Cl. The summed E-state index contributed by atoms with van der Waals surface area (Å²) in [5.41, 5.74) is 1.24. The van der Waals surface area contributed by atoms with Crippen LogP contribution in [0.5, 0.6) is 0 Å². The highest BCUT2D eigenvalue weighted by Crippen LogP contribution is 2.23. The molecule has 0 radical (unpaired) electrons. The van der Waals surface area contributed by atoms with Gasteiger partial charge in [0, 0.05) is 63.6 Å². The first-order valence-electron chi connectivity index (χ1n) is 24.6. The van der Waals surface area contributed by atoms with Gasteiger partial charge in [-0.2, -0.15) is 0 Å². The minimum absolute atomic E-state index is 0. The number of halogens is 1. The lowest BCUT2D eigenvalue weighted by Crippen LogP contribution is -2.41. The Kier molecular flexibility index (Phi) is 38.0. The van der Waals surface area contributed by atoms with E-state index >= 15 is 0 Å². The highest BCUT2D eigenvalue weighted by Gasteiger charge is 2.22. The summed E-state index contributed by atoms with van der Waals surface area (Å²) in [4.78, 5) is 34.1. The maximum Gasteiger partial charge on any atom is 0.305 e. The number of esters is 2. The van der Waals surface area contributed by atoms with Gasteiger partial charge in [-0.15, -0.1) is 12.4 Å². The van der Waals surface area contributed by atoms with Crippen molar-refractivity contribution in [1.82, 2.24) is 9.88 Å². The number of carbonyl (C=O) groups is 2. The van der Waals surface area contributed by atoms with Crippen molar-refractivity contribution in [2.24, 2.45) is 5.92 Å². The van der Waals surface area contributed by atoms with Crippen LogP contribution in [-0.2, 0) is 19.1 Å². The molecule has 0 bridgehead atoms. The maximum atomic E-state index is 12.6. The molecule has 0 atom stereocenters. The van der Waals surface area contributed by atoms with E-state index in [9.17, 15) is 9.59 Å². The lowest BCUT2D eigenvalue weighted by molar-refractivity contribution is -0.144. The van der Waals surface area contributed by atoms with Crippen molar-refractivity contribution in [2.45, 2.75) is 206 Å². The molecule has 59 heavy (non-hydrogen) atoms. The maximum absolute atomic E-state index is 12.6. The number of hydrogen-bond donors (Lipinski definition) is 0. The predicted octanol–water partition coefficient (Wildman–Crippen LogP) is 14.2. The molecule has 0 spiro atoms. The highest BCUT2D eigenvalue weighted by molar-refractivity contribution is 5.85. The van der Waals surface area contributed by atoms with E-state index < -0.39 is 0 Å². The monoisotopic (exact) mass is 844 g/mol. The molecule has 0 unspecified atom stereocenters. The molecular weight excluding hydrogens is 754 g/mol. The number of unbranched alkanes of at least 4 members (excludes halogenated alkanes) is 22. The first-order valence-corrected chi connectivity index (χ1v) is 24.6. The summed E-state index contributed by atoms with van der Waals surface area (Å²) in [5, 5.41) is 0. The van der Waals surface area contributed by atoms with E-state index in [-0.39, 0.29) is 24.3 Å². The second kappa shape index (κ2) is 41.0. The van der Waals surface area contributed by atoms with Crippen LogP contribution in [0.2, 0.25) is 0 Å². The lowest BCUT2D eigenvalue weighted by Gasteiger charge is -2.36. The molecule has 7 nitrogen and oxygen atoms in total. The van der Waals surface area contributed by atoms with Crippen molar-refractivity contribution in [3.8, 4) is 0 Å². The zero-order valence-corrected chi connectivity index (χ0v) is 39.1. The van der Waals surface area contributed by atoms with E-state index in [1.807, 2.05) is 12.4 Å². The van der Waals surface area contributed by atoms with Crippen LogP contribution in [0.25, 0.3) is 0 Å². The van der Waals surface area contributed by atoms with Crippen molar-refractivity contribution in [3.05, 3.63) is 48.8 Å². The molecule has 0 amide bonds. The summed E-state index contributed by atoms with van der Waals surface area (Å²) in [7, 11) is 0. The molecule has 1 aromatic heterocycles. The third-order valence-corrected chi connectivity index (χ3v) is 11.8. The topological polar surface area (TPSA) is 72.0 Å². The summed E-state index contributed by atoms with van der Waals surface area (Å²) in [5.74, 6) is 0.389. The third-order valence-electron chi connectivity index (χ3n) is 11.8. The Hall–Kier alpha value is -2.38. The van der Waals surface area contributed by atoms with Gasteiger partial charge in [0.2, 0.25) is 0 Å². The van der Waals surface area contributed by atoms with Crippen molar-refractivity contribution in [2.75, 3.05) is 50.8 Å². The smallest absolute Gasteiger partial charge is 0.305 e. The van der Waals surface area contributed by atoms with Crippen LogP contribution in [-0.4, -0.2) is 67.8 Å². The predicted molar refractivity (Wildman–Crippen MR) is 254 cm³/mol. The van der Waals surface area contributed by atoms with Gasteiger partial charge in [0.25, 0.3) is 0 Å². The van der Waals surface area contributed by atoms with Gasteiger partial charge in [-0.05, 0) is 95.1 Å². The lowest BCUT2D eigenvalue weighted by atomic mass is 9.96. The Morgan fingerprint density at radius 2 is 0.966 bits per heavy atom. The number of ether oxygens (including phenoxy) is 2. The first-order chi connectivity index (χ1) is 28.6.